The van der Waals surface area contributed by atoms with Crippen molar-refractivity contribution in [2.45, 2.75) is 51.6 Å². The van der Waals surface area contributed by atoms with Gasteiger partial charge < -0.3 is 10.6 Å². The first kappa shape index (κ1) is 12.9. The normalized spacial score (nSPS) is 17.4. The molecule has 1 unspecified atom stereocenters. The van der Waals surface area contributed by atoms with Crippen molar-refractivity contribution < 1.29 is 4.79 Å². The van der Waals surface area contributed by atoms with E-state index in [1.165, 1.54) is 12.8 Å². The maximum absolute atomic E-state index is 12.0. The minimum Gasteiger partial charge on any atom is -0.374 e. The van der Waals surface area contributed by atoms with Crippen LogP contribution in [0.1, 0.15) is 38.2 Å². The molecule has 1 aromatic rings. The van der Waals surface area contributed by atoms with Crippen molar-refractivity contribution in [3.05, 3.63) is 29.8 Å². The van der Waals surface area contributed by atoms with Crippen molar-refractivity contribution in [2.24, 2.45) is 0 Å². The first-order chi connectivity index (χ1) is 8.66. The Hall–Kier alpha value is -1.51. The minimum absolute atomic E-state index is 0.102. The van der Waals surface area contributed by atoms with Gasteiger partial charge in [-0.05, 0) is 38.3 Å². The van der Waals surface area contributed by atoms with Gasteiger partial charge in [0.1, 0.15) is 6.04 Å². The molecule has 18 heavy (non-hydrogen) atoms. The van der Waals surface area contributed by atoms with Gasteiger partial charge in [0.25, 0.3) is 0 Å². The van der Waals surface area contributed by atoms with Crippen LogP contribution in [0.15, 0.2) is 24.3 Å². The highest BCUT2D eigenvalue weighted by atomic mass is 16.2. The van der Waals surface area contributed by atoms with Gasteiger partial charge in [-0.1, -0.05) is 31.0 Å². The van der Waals surface area contributed by atoms with Gasteiger partial charge >= 0.3 is 0 Å². The number of carbonyl (C=O) groups is 1. The van der Waals surface area contributed by atoms with Crippen molar-refractivity contribution in [1.82, 2.24) is 5.32 Å². The van der Waals surface area contributed by atoms with E-state index in [0.717, 1.165) is 24.1 Å². The molecular weight excluding hydrogens is 224 g/mol. The highest BCUT2D eigenvalue weighted by Crippen LogP contribution is 2.18. The molecule has 2 N–H and O–H groups in total. The van der Waals surface area contributed by atoms with Crippen molar-refractivity contribution in [2.75, 3.05) is 5.32 Å². The molecule has 1 atom stereocenters. The third-order valence-corrected chi connectivity index (χ3v) is 3.61. The average Bonchev–Trinajstić information content (AvgIpc) is 2.84. The van der Waals surface area contributed by atoms with Gasteiger partial charge in [-0.15, -0.1) is 0 Å². The summed E-state index contributed by atoms with van der Waals surface area (Å²) in [5.41, 5.74) is 2.20. The molecule has 1 fully saturated rings. The summed E-state index contributed by atoms with van der Waals surface area (Å²) >= 11 is 0. The highest BCUT2D eigenvalue weighted by molar-refractivity contribution is 5.84. The number of carbonyl (C=O) groups excluding carboxylic acids is 1. The van der Waals surface area contributed by atoms with Gasteiger partial charge in [-0.25, -0.2) is 0 Å². The zero-order valence-corrected chi connectivity index (χ0v) is 11.2. The molecular formula is C15H22N2O. The Bertz CT molecular complexity index is 411. The lowest BCUT2D eigenvalue weighted by Crippen LogP contribution is -2.42. The molecule has 98 valence electrons. The number of rotatable bonds is 4. The van der Waals surface area contributed by atoms with E-state index in [0.29, 0.717) is 6.04 Å². The number of para-hydroxylation sites is 1. The van der Waals surface area contributed by atoms with E-state index in [2.05, 4.69) is 10.6 Å². The molecule has 1 aliphatic carbocycles. The fourth-order valence-electron chi connectivity index (χ4n) is 2.43. The molecule has 1 saturated carbocycles. The van der Waals surface area contributed by atoms with Crippen LogP contribution in [0.5, 0.6) is 0 Å². The molecule has 0 saturated heterocycles. The predicted octanol–water partition coefficient (Wildman–Crippen LogP) is 2.85. The summed E-state index contributed by atoms with van der Waals surface area (Å²) in [6, 6.07) is 8.24. The Labute approximate surface area is 109 Å². The molecule has 3 nitrogen and oxygen atoms in total. The van der Waals surface area contributed by atoms with Crippen molar-refractivity contribution in [1.29, 1.82) is 0 Å². The first-order valence-corrected chi connectivity index (χ1v) is 6.79. The van der Waals surface area contributed by atoms with Crippen LogP contribution in [0.2, 0.25) is 0 Å². The first-order valence-electron chi connectivity index (χ1n) is 6.79. The average molecular weight is 246 g/mol. The van der Waals surface area contributed by atoms with Crippen LogP contribution in [0.25, 0.3) is 0 Å². The Morgan fingerprint density at radius 2 is 1.94 bits per heavy atom. The SMILES string of the molecule is Cc1ccccc1NC(C)C(=O)NC1CCCC1. The van der Waals surface area contributed by atoms with Crippen LogP contribution < -0.4 is 10.6 Å². The predicted molar refractivity (Wildman–Crippen MR) is 74.7 cm³/mol. The molecule has 2 rings (SSSR count). The largest absolute Gasteiger partial charge is 0.374 e. The number of anilines is 1. The van der Waals surface area contributed by atoms with E-state index in [9.17, 15) is 4.79 Å². The number of amides is 1. The van der Waals surface area contributed by atoms with Crippen molar-refractivity contribution in [3.8, 4) is 0 Å². The molecule has 1 amide bonds. The zero-order chi connectivity index (χ0) is 13.0. The van der Waals surface area contributed by atoms with Crippen LogP contribution in [-0.4, -0.2) is 18.0 Å². The lowest BCUT2D eigenvalue weighted by atomic mass is 10.1. The van der Waals surface area contributed by atoms with Crippen LogP contribution in [0.3, 0.4) is 0 Å². The van der Waals surface area contributed by atoms with Crippen molar-refractivity contribution >= 4 is 11.6 Å². The molecule has 0 heterocycles. The second kappa shape index (κ2) is 5.89. The molecule has 0 bridgehead atoms. The van der Waals surface area contributed by atoms with Crippen LogP contribution >= 0.6 is 0 Å². The molecule has 1 aromatic carbocycles. The quantitative estimate of drug-likeness (QED) is 0.857. The summed E-state index contributed by atoms with van der Waals surface area (Å²) in [7, 11) is 0. The highest BCUT2D eigenvalue weighted by Gasteiger charge is 2.20. The van der Waals surface area contributed by atoms with E-state index >= 15 is 0 Å². The summed E-state index contributed by atoms with van der Waals surface area (Å²) < 4.78 is 0. The second-order valence-corrected chi connectivity index (χ2v) is 5.17. The van der Waals surface area contributed by atoms with Gasteiger partial charge in [0, 0.05) is 11.7 Å². The van der Waals surface area contributed by atoms with E-state index in [-0.39, 0.29) is 11.9 Å². The molecule has 0 radical (unpaired) electrons. The number of hydrogen-bond donors (Lipinski definition) is 2. The molecule has 0 aromatic heterocycles. The Morgan fingerprint density at radius 3 is 2.61 bits per heavy atom. The van der Waals surface area contributed by atoms with Crippen LogP contribution in [0.4, 0.5) is 5.69 Å². The number of aryl methyl sites for hydroxylation is 1. The topological polar surface area (TPSA) is 41.1 Å². The van der Waals surface area contributed by atoms with Gasteiger partial charge in [-0.3, -0.25) is 4.79 Å². The summed E-state index contributed by atoms with van der Waals surface area (Å²) in [5, 5.41) is 6.39. The lowest BCUT2D eigenvalue weighted by molar-refractivity contribution is -0.122. The third-order valence-electron chi connectivity index (χ3n) is 3.61. The fourth-order valence-corrected chi connectivity index (χ4v) is 2.43. The Balaban J connectivity index is 1.89. The zero-order valence-electron chi connectivity index (χ0n) is 11.2. The Morgan fingerprint density at radius 1 is 1.28 bits per heavy atom. The standard InChI is InChI=1S/C15H22N2O/c1-11-7-3-6-10-14(11)16-12(2)15(18)17-13-8-4-5-9-13/h3,6-7,10,12-13,16H,4-5,8-9H2,1-2H3,(H,17,18). The minimum atomic E-state index is -0.188. The summed E-state index contributed by atoms with van der Waals surface area (Å²) in [6.07, 6.45) is 4.74. The van der Waals surface area contributed by atoms with E-state index in [1.54, 1.807) is 0 Å². The molecule has 3 heteroatoms. The fraction of sp³-hybridized carbons (Fsp3) is 0.533. The molecule has 0 aliphatic heterocycles. The Kier molecular flexibility index (Phi) is 4.24. The van der Waals surface area contributed by atoms with Gasteiger partial charge in [0.05, 0.1) is 0 Å². The van der Waals surface area contributed by atoms with Gasteiger partial charge in [0.15, 0.2) is 0 Å². The second-order valence-electron chi connectivity index (χ2n) is 5.17. The number of nitrogens with one attached hydrogen (secondary N) is 2. The smallest absolute Gasteiger partial charge is 0.242 e. The van der Waals surface area contributed by atoms with Gasteiger partial charge in [-0.2, -0.15) is 0 Å². The summed E-state index contributed by atoms with van der Waals surface area (Å²) in [6.45, 7) is 3.96. The van der Waals surface area contributed by atoms with Gasteiger partial charge in [0.2, 0.25) is 5.91 Å². The van der Waals surface area contributed by atoms with E-state index in [4.69, 9.17) is 0 Å². The number of benzene rings is 1. The molecule has 1 aliphatic rings. The maximum Gasteiger partial charge on any atom is 0.242 e. The monoisotopic (exact) mass is 246 g/mol. The molecule has 0 spiro atoms. The van der Waals surface area contributed by atoms with Crippen molar-refractivity contribution in [3.63, 3.8) is 0 Å². The van der Waals surface area contributed by atoms with Crippen LogP contribution in [-0.2, 0) is 4.79 Å². The maximum atomic E-state index is 12.0. The lowest BCUT2D eigenvalue weighted by Gasteiger charge is -2.19. The summed E-state index contributed by atoms with van der Waals surface area (Å²) in [4.78, 5) is 12.0. The van der Waals surface area contributed by atoms with E-state index < -0.39 is 0 Å². The van der Waals surface area contributed by atoms with Crippen LogP contribution in [0, 0.1) is 6.92 Å². The van der Waals surface area contributed by atoms with E-state index in [1.807, 2.05) is 38.1 Å². The third kappa shape index (κ3) is 3.25. The summed E-state index contributed by atoms with van der Waals surface area (Å²) in [5.74, 6) is 0.102. The number of hydrogen-bond acceptors (Lipinski definition) is 2.